The Morgan fingerprint density at radius 1 is 1.24 bits per heavy atom. The van der Waals surface area contributed by atoms with E-state index < -0.39 is 0 Å². The molecule has 1 N–H and O–H groups in total. The predicted octanol–water partition coefficient (Wildman–Crippen LogP) is 3.34. The zero-order chi connectivity index (χ0) is 17.2. The molecule has 1 aromatic carbocycles. The number of hydrogen-bond acceptors (Lipinski definition) is 2. The van der Waals surface area contributed by atoms with Crippen molar-refractivity contribution >= 4 is 16.8 Å². The van der Waals surface area contributed by atoms with Crippen LogP contribution in [0.3, 0.4) is 0 Å². The van der Waals surface area contributed by atoms with Crippen LogP contribution in [0.5, 0.6) is 0 Å². The summed E-state index contributed by atoms with van der Waals surface area (Å²) in [5.74, 6) is 0.297. The molecule has 1 saturated heterocycles. The Labute approximate surface area is 150 Å². The van der Waals surface area contributed by atoms with Crippen LogP contribution < -0.4 is 5.32 Å². The van der Waals surface area contributed by atoms with E-state index in [9.17, 15) is 4.79 Å². The lowest BCUT2D eigenvalue weighted by molar-refractivity contribution is -0.131. The van der Waals surface area contributed by atoms with Gasteiger partial charge in [-0.1, -0.05) is 18.2 Å². The predicted molar refractivity (Wildman–Crippen MR) is 102 cm³/mol. The van der Waals surface area contributed by atoms with E-state index in [1.165, 1.54) is 29.4 Å². The van der Waals surface area contributed by atoms with Crippen LogP contribution in [0.25, 0.3) is 10.9 Å². The summed E-state index contributed by atoms with van der Waals surface area (Å²) >= 11 is 0. The Balaban J connectivity index is 1.40. The Morgan fingerprint density at radius 3 is 2.88 bits per heavy atom. The first kappa shape index (κ1) is 16.6. The van der Waals surface area contributed by atoms with Crippen LogP contribution in [-0.2, 0) is 17.8 Å². The highest BCUT2D eigenvalue weighted by Crippen LogP contribution is 2.25. The number of amides is 1. The number of carbonyl (C=O) groups is 1. The van der Waals surface area contributed by atoms with Gasteiger partial charge in [0.1, 0.15) is 0 Å². The molecule has 2 aliphatic rings. The maximum absolute atomic E-state index is 12.5. The fraction of sp³-hybridized carbons (Fsp3) is 0.571. The molecule has 2 aromatic rings. The lowest BCUT2D eigenvalue weighted by Crippen LogP contribution is -2.41. The van der Waals surface area contributed by atoms with Gasteiger partial charge in [-0.05, 0) is 63.0 Å². The normalized spacial score (nSPS) is 20.5. The lowest BCUT2D eigenvalue weighted by atomic mass is 10.1. The molecule has 1 atom stereocenters. The van der Waals surface area contributed by atoms with Gasteiger partial charge in [0.2, 0.25) is 5.91 Å². The van der Waals surface area contributed by atoms with Gasteiger partial charge in [0.25, 0.3) is 0 Å². The van der Waals surface area contributed by atoms with E-state index in [0.717, 1.165) is 38.8 Å². The molecule has 4 heteroatoms. The zero-order valence-electron chi connectivity index (χ0n) is 15.2. The van der Waals surface area contributed by atoms with Crippen LogP contribution >= 0.6 is 0 Å². The second-order valence-electron chi connectivity index (χ2n) is 7.52. The average molecular weight is 339 g/mol. The van der Waals surface area contributed by atoms with E-state index in [1.54, 1.807) is 0 Å². The van der Waals surface area contributed by atoms with Crippen LogP contribution in [0.1, 0.15) is 44.7 Å². The fourth-order valence-corrected chi connectivity index (χ4v) is 4.25. The third kappa shape index (κ3) is 3.59. The van der Waals surface area contributed by atoms with Gasteiger partial charge < -0.3 is 14.8 Å². The molecule has 0 radical (unpaired) electrons. The summed E-state index contributed by atoms with van der Waals surface area (Å²) in [5, 5.41) is 4.69. The summed E-state index contributed by atoms with van der Waals surface area (Å²) in [4.78, 5) is 14.7. The molecular weight excluding hydrogens is 310 g/mol. The molecule has 1 aliphatic carbocycles. The third-order valence-corrected chi connectivity index (χ3v) is 5.76. The molecular formula is C21H29N3O. The Hall–Kier alpha value is -1.81. The highest BCUT2D eigenvalue weighted by atomic mass is 16.2. The number of fused-ring (bicyclic) bond motifs is 1. The molecule has 2 heterocycles. The molecule has 25 heavy (non-hydrogen) atoms. The van der Waals surface area contributed by atoms with Gasteiger partial charge in [-0.3, -0.25) is 4.79 Å². The number of para-hydroxylation sites is 1. The first-order chi connectivity index (χ1) is 12.3. The average Bonchev–Trinajstić information content (AvgIpc) is 3.22. The number of benzene rings is 1. The summed E-state index contributed by atoms with van der Waals surface area (Å²) in [5.41, 5.74) is 2.73. The number of nitrogens with zero attached hydrogens (tertiary/aromatic N) is 2. The monoisotopic (exact) mass is 339 g/mol. The van der Waals surface area contributed by atoms with Gasteiger partial charge in [0, 0.05) is 36.4 Å². The van der Waals surface area contributed by atoms with E-state index >= 15 is 0 Å². The summed E-state index contributed by atoms with van der Waals surface area (Å²) in [6.07, 6.45) is 6.90. The molecule has 4 nitrogen and oxygen atoms in total. The van der Waals surface area contributed by atoms with E-state index in [4.69, 9.17) is 0 Å². The lowest BCUT2D eigenvalue weighted by Gasteiger charge is -2.25. The highest BCUT2D eigenvalue weighted by Gasteiger charge is 2.30. The van der Waals surface area contributed by atoms with Crippen molar-refractivity contribution < 1.29 is 4.79 Å². The minimum Gasteiger partial charge on any atom is -0.345 e. The molecule has 2 fully saturated rings. The second-order valence-corrected chi connectivity index (χ2v) is 7.52. The maximum atomic E-state index is 12.5. The van der Waals surface area contributed by atoms with Gasteiger partial charge in [-0.25, -0.2) is 0 Å². The number of likely N-dealkylation sites (tertiary alicyclic amines) is 1. The number of hydrogen-bond donors (Lipinski definition) is 1. The molecule has 0 unspecified atom stereocenters. The highest BCUT2D eigenvalue weighted by molar-refractivity contribution is 5.81. The molecule has 1 saturated carbocycles. The number of aryl methyl sites for hydroxylation is 2. The van der Waals surface area contributed by atoms with Crippen molar-refractivity contribution in [2.45, 2.75) is 64.1 Å². The van der Waals surface area contributed by atoms with Crippen molar-refractivity contribution in [1.29, 1.82) is 0 Å². The largest absolute Gasteiger partial charge is 0.345 e. The van der Waals surface area contributed by atoms with Crippen molar-refractivity contribution in [3.63, 3.8) is 0 Å². The smallest absolute Gasteiger partial charge is 0.236 e. The van der Waals surface area contributed by atoms with Gasteiger partial charge in [0.15, 0.2) is 0 Å². The summed E-state index contributed by atoms with van der Waals surface area (Å²) in [6.45, 7) is 4.68. The number of rotatable bonds is 7. The van der Waals surface area contributed by atoms with Crippen molar-refractivity contribution in [2.75, 3.05) is 13.1 Å². The summed E-state index contributed by atoms with van der Waals surface area (Å²) < 4.78 is 2.42. The van der Waals surface area contributed by atoms with Crippen molar-refractivity contribution in [3.05, 3.63) is 36.0 Å². The van der Waals surface area contributed by atoms with Crippen LogP contribution in [-0.4, -0.2) is 40.5 Å². The van der Waals surface area contributed by atoms with E-state index in [-0.39, 0.29) is 0 Å². The zero-order valence-corrected chi connectivity index (χ0v) is 15.2. The maximum Gasteiger partial charge on any atom is 0.236 e. The first-order valence-corrected chi connectivity index (χ1v) is 9.86. The van der Waals surface area contributed by atoms with Gasteiger partial charge in [0.05, 0.1) is 6.54 Å². The first-order valence-electron chi connectivity index (χ1n) is 9.86. The minimum absolute atomic E-state index is 0.297. The quantitative estimate of drug-likeness (QED) is 0.840. The van der Waals surface area contributed by atoms with Crippen LogP contribution in [0.2, 0.25) is 0 Å². The molecule has 4 rings (SSSR count). The molecule has 0 spiro atoms. The van der Waals surface area contributed by atoms with Crippen LogP contribution in [0, 0.1) is 0 Å². The number of aromatic nitrogens is 1. The molecule has 1 aliphatic heterocycles. The SMILES string of the molecule is CCn1c(CC[C@@H]2CCCN2C(=O)CNC2CC2)cc2ccccc21. The van der Waals surface area contributed by atoms with E-state index in [2.05, 4.69) is 52.0 Å². The second kappa shape index (κ2) is 7.20. The van der Waals surface area contributed by atoms with Crippen molar-refractivity contribution in [1.82, 2.24) is 14.8 Å². The molecule has 1 amide bonds. The minimum atomic E-state index is 0.297. The Kier molecular flexibility index (Phi) is 4.80. The summed E-state index contributed by atoms with van der Waals surface area (Å²) in [7, 11) is 0. The molecule has 134 valence electrons. The van der Waals surface area contributed by atoms with Gasteiger partial charge in [-0.15, -0.1) is 0 Å². The van der Waals surface area contributed by atoms with E-state index in [0.29, 0.717) is 24.5 Å². The molecule has 0 bridgehead atoms. The van der Waals surface area contributed by atoms with Crippen molar-refractivity contribution in [2.24, 2.45) is 0 Å². The van der Waals surface area contributed by atoms with E-state index in [1.807, 2.05) is 0 Å². The van der Waals surface area contributed by atoms with Crippen molar-refractivity contribution in [3.8, 4) is 0 Å². The standard InChI is InChI=1S/C21H29N3O/c1-2-23-19(14-16-6-3-4-8-20(16)23)12-11-18-7-5-13-24(18)21(25)15-22-17-9-10-17/h3-4,6,8,14,17-18,22H,2,5,7,9-13,15H2,1H3/t18-/m0/s1. The summed E-state index contributed by atoms with van der Waals surface area (Å²) in [6, 6.07) is 12.0. The Morgan fingerprint density at radius 2 is 2.08 bits per heavy atom. The number of nitrogens with one attached hydrogen (secondary N) is 1. The molecule has 1 aromatic heterocycles. The van der Waals surface area contributed by atoms with Crippen LogP contribution in [0.15, 0.2) is 30.3 Å². The Bertz CT molecular complexity index is 747. The van der Waals surface area contributed by atoms with Gasteiger partial charge >= 0.3 is 0 Å². The van der Waals surface area contributed by atoms with Crippen LogP contribution in [0.4, 0.5) is 0 Å². The topological polar surface area (TPSA) is 37.3 Å². The fourth-order valence-electron chi connectivity index (χ4n) is 4.25. The van der Waals surface area contributed by atoms with Gasteiger partial charge in [-0.2, -0.15) is 0 Å². The third-order valence-electron chi connectivity index (χ3n) is 5.76. The number of carbonyl (C=O) groups excluding carboxylic acids is 1.